The van der Waals surface area contributed by atoms with Gasteiger partial charge in [0.1, 0.15) is 18.1 Å². The predicted octanol–water partition coefficient (Wildman–Crippen LogP) is 3.14. The van der Waals surface area contributed by atoms with Gasteiger partial charge in [0.05, 0.1) is 19.0 Å². The minimum absolute atomic E-state index is 0.0193. The van der Waals surface area contributed by atoms with E-state index < -0.39 is 16.1 Å². The van der Waals surface area contributed by atoms with E-state index in [1.54, 1.807) is 12.1 Å². The van der Waals surface area contributed by atoms with Crippen LogP contribution in [-0.2, 0) is 10.0 Å². The van der Waals surface area contributed by atoms with E-state index in [1.807, 2.05) is 37.3 Å². The van der Waals surface area contributed by atoms with E-state index in [0.29, 0.717) is 18.9 Å². The molecule has 2 aromatic carbocycles. The number of sulfonamides is 1. The van der Waals surface area contributed by atoms with Crippen molar-refractivity contribution in [3.8, 4) is 11.5 Å². The van der Waals surface area contributed by atoms with Crippen LogP contribution >= 0.6 is 0 Å². The number of halogens is 1. The quantitative estimate of drug-likeness (QED) is 0.705. The summed E-state index contributed by atoms with van der Waals surface area (Å²) in [6.45, 7) is 4.93. The van der Waals surface area contributed by atoms with Crippen LogP contribution in [0.3, 0.4) is 0 Å². The first kappa shape index (κ1) is 22.0. The van der Waals surface area contributed by atoms with E-state index >= 15 is 0 Å². The SMILES string of the molecule is C[C@@H]1CN(S(C)(=O)=O)[C@@H](c2ccc(OCCN3CC(CF)C3)cc2)c2ccc(O)cc21. The lowest BCUT2D eigenvalue weighted by molar-refractivity contribution is 0.0668. The summed E-state index contributed by atoms with van der Waals surface area (Å²) >= 11 is 0. The molecule has 0 radical (unpaired) electrons. The summed E-state index contributed by atoms with van der Waals surface area (Å²) in [4.78, 5) is 2.16. The standard InChI is InChI=1S/C23H29FN2O4S/c1-16-13-26(31(2,28)29)23(21-8-5-19(27)11-22(16)21)18-3-6-20(7-4-18)30-10-9-25-14-17(12-24)15-25/h3-8,11,16-17,23,27H,9-10,12-15H2,1-2H3/t16-,23+/m1/s1. The lowest BCUT2D eigenvalue weighted by Crippen LogP contribution is -2.49. The van der Waals surface area contributed by atoms with Gasteiger partial charge in [-0.1, -0.05) is 25.1 Å². The summed E-state index contributed by atoms with van der Waals surface area (Å²) in [6.07, 6.45) is 1.23. The zero-order chi connectivity index (χ0) is 22.2. The molecule has 2 atom stereocenters. The van der Waals surface area contributed by atoms with E-state index in [2.05, 4.69) is 4.90 Å². The zero-order valence-electron chi connectivity index (χ0n) is 17.9. The second-order valence-electron chi connectivity index (χ2n) is 8.65. The number of hydrogen-bond acceptors (Lipinski definition) is 5. The normalized spacial score (nSPS) is 22.7. The van der Waals surface area contributed by atoms with Crippen molar-refractivity contribution in [1.29, 1.82) is 0 Å². The molecule has 8 heteroatoms. The average Bonchev–Trinajstić information content (AvgIpc) is 2.70. The van der Waals surface area contributed by atoms with E-state index in [-0.39, 0.29) is 24.3 Å². The average molecular weight is 449 g/mol. The van der Waals surface area contributed by atoms with Crippen molar-refractivity contribution in [3.05, 3.63) is 59.2 Å². The molecule has 31 heavy (non-hydrogen) atoms. The molecular formula is C23H29FN2O4S. The number of fused-ring (bicyclic) bond motifs is 1. The fraction of sp³-hybridized carbons (Fsp3) is 0.478. The Kier molecular flexibility index (Phi) is 6.23. The van der Waals surface area contributed by atoms with Crippen LogP contribution in [0.25, 0.3) is 0 Å². The molecule has 2 aliphatic heterocycles. The number of likely N-dealkylation sites (tertiary alicyclic amines) is 1. The smallest absolute Gasteiger partial charge is 0.212 e. The fourth-order valence-electron chi connectivity index (χ4n) is 4.54. The lowest BCUT2D eigenvalue weighted by atomic mass is 9.84. The largest absolute Gasteiger partial charge is 0.508 e. The molecule has 0 aromatic heterocycles. The molecule has 0 aliphatic carbocycles. The zero-order valence-corrected chi connectivity index (χ0v) is 18.7. The maximum atomic E-state index is 12.6. The third-order valence-electron chi connectivity index (χ3n) is 6.19. The first-order valence-electron chi connectivity index (χ1n) is 10.6. The van der Waals surface area contributed by atoms with Gasteiger partial charge >= 0.3 is 0 Å². The molecule has 2 heterocycles. The molecule has 2 aromatic rings. The van der Waals surface area contributed by atoms with E-state index in [1.165, 1.54) is 10.6 Å². The van der Waals surface area contributed by atoms with Crippen molar-refractivity contribution in [2.45, 2.75) is 18.9 Å². The second-order valence-corrected chi connectivity index (χ2v) is 10.6. The van der Waals surface area contributed by atoms with Crippen molar-refractivity contribution in [2.75, 3.05) is 45.7 Å². The summed E-state index contributed by atoms with van der Waals surface area (Å²) in [6, 6.07) is 12.2. The Morgan fingerprint density at radius 1 is 1.10 bits per heavy atom. The molecule has 0 spiro atoms. The monoisotopic (exact) mass is 448 g/mol. The van der Waals surface area contributed by atoms with Gasteiger partial charge in [-0.3, -0.25) is 9.29 Å². The molecule has 0 amide bonds. The second kappa shape index (κ2) is 8.76. The first-order valence-corrected chi connectivity index (χ1v) is 12.4. The van der Waals surface area contributed by atoms with Crippen molar-refractivity contribution < 1.29 is 22.7 Å². The number of nitrogens with zero attached hydrogens (tertiary/aromatic N) is 2. The highest BCUT2D eigenvalue weighted by atomic mass is 32.2. The van der Waals surface area contributed by atoms with E-state index in [4.69, 9.17) is 4.74 Å². The third-order valence-corrected chi connectivity index (χ3v) is 7.40. The van der Waals surface area contributed by atoms with Gasteiger partial charge in [-0.2, -0.15) is 4.31 Å². The number of aromatic hydroxyl groups is 1. The van der Waals surface area contributed by atoms with Crippen molar-refractivity contribution in [1.82, 2.24) is 9.21 Å². The third kappa shape index (κ3) is 4.71. The van der Waals surface area contributed by atoms with Crippen LogP contribution < -0.4 is 4.74 Å². The number of alkyl halides is 1. The topological polar surface area (TPSA) is 70.1 Å². The molecular weight excluding hydrogens is 419 g/mol. The number of phenolic OH excluding ortho intramolecular Hbond substituents is 1. The molecule has 1 fully saturated rings. The fourth-order valence-corrected chi connectivity index (χ4v) is 5.65. The highest BCUT2D eigenvalue weighted by Crippen LogP contribution is 2.42. The minimum Gasteiger partial charge on any atom is -0.508 e. The van der Waals surface area contributed by atoms with Crippen molar-refractivity contribution in [3.63, 3.8) is 0 Å². The number of ether oxygens (including phenoxy) is 1. The van der Waals surface area contributed by atoms with E-state index in [9.17, 15) is 17.9 Å². The lowest BCUT2D eigenvalue weighted by Gasteiger charge is -2.39. The van der Waals surface area contributed by atoms with Crippen molar-refractivity contribution >= 4 is 10.0 Å². The number of hydrogen-bond donors (Lipinski definition) is 1. The Bertz CT molecular complexity index is 1020. The molecule has 0 bridgehead atoms. The van der Waals surface area contributed by atoms with E-state index in [0.717, 1.165) is 36.3 Å². The van der Waals surface area contributed by atoms with Crippen LogP contribution in [-0.4, -0.2) is 68.4 Å². The molecule has 6 nitrogen and oxygen atoms in total. The van der Waals surface area contributed by atoms with Crippen LogP contribution in [0.15, 0.2) is 42.5 Å². The Balaban J connectivity index is 1.52. The van der Waals surface area contributed by atoms with Gasteiger partial charge in [-0.15, -0.1) is 0 Å². The molecule has 0 saturated carbocycles. The highest BCUT2D eigenvalue weighted by Gasteiger charge is 2.37. The van der Waals surface area contributed by atoms with Gasteiger partial charge in [-0.25, -0.2) is 8.42 Å². The van der Waals surface area contributed by atoms with Gasteiger partial charge in [0.15, 0.2) is 0 Å². The summed E-state index contributed by atoms with van der Waals surface area (Å²) in [5, 5.41) is 9.93. The van der Waals surface area contributed by atoms with Gasteiger partial charge in [0.2, 0.25) is 10.0 Å². The Morgan fingerprint density at radius 3 is 2.45 bits per heavy atom. The molecule has 4 rings (SSSR count). The molecule has 168 valence electrons. The Hall–Kier alpha value is -2.16. The van der Waals surface area contributed by atoms with Gasteiger partial charge < -0.3 is 9.84 Å². The number of benzene rings is 2. The van der Waals surface area contributed by atoms with Crippen LogP contribution in [0.4, 0.5) is 4.39 Å². The van der Waals surface area contributed by atoms with Crippen molar-refractivity contribution in [2.24, 2.45) is 5.92 Å². The van der Waals surface area contributed by atoms with Crippen LogP contribution in [0.5, 0.6) is 11.5 Å². The molecule has 0 unspecified atom stereocenters. The van der Waals surface area contributed by atoms with Crippen LogP contribution in [0, 0.1) is 5.92 Å². The van der Waals surface area contributed by atoms with Gasteiger partial charge in [-0.05, 0) is 46.9 Å². The molecule has 2 aliphatic rings. The summed E-state index contributed by atoms with van der Waals surface area (Å²) in [5.74, 6) is 1.04. The Morgan fingerprint density at radius 2 is 1.81 bits per heavy atom. The summed E-state index contributed by atoms with van der Waals surface area (Å²) in [7, 11) is -3.44. The predicted molar refractivity (Wildman–Crippen MR) is 118 cm³/mol. The van der Waals surface area contributed by atoms with Crippen LogP contribution in [0.1, 0.15) is 35.6 Å². The number of phenols is 1. The van der Waals surface area contributed by atoms with Gasteiger partial charge in [0.25, 0.3) is 0 Å². The Labute approximate surface area is 183 Å². The van der Waals surface area contributed by atoms with Gasteiger partial charge in [0, 0.05) is 32.1 Å². The highest BCUT2D eigenvalue weighted by molar-refractivity contribution is 7.88. The minimum atomic E-state index is -3.44. The maximum absolute atomic E-state index is 12.6. The number of rotatable bonds is 7. The molecule has 1 saturated heterocycles. The first-order chi connectivity index (χ1) is 14.8. The maximum Gasteiger partial charge on any atom is 0.212 e. The summed E-state index contributed by atoms with van der Waals surface area (Å²) in [5.41, 5.74) is 2.70. The summed E-state index contributed by atoms with van der Waals surface area (Å²) < 4.78 is 45.0. The van der Waals surface area contributed by atoms with Crippen LogP contribution in [0.2, 0.25) is 0 Å². The molecule has 1 N–H and O–H groups in total.